The number of ether oxygens (including phenoxy) is 1. The van der Waals surface area contributed by atoms with Gasteiger partial charge in [0.05, 0.1) is 6.10 Å². The third-order valence-electron chi connectivity index (χ3n) is 5.37. The van der Waals surface area contributed by atoms with Crippen molar-refractivity contribution in [3.05, 3.63) is 42.2 Å². The summed E-state index contributed by atoms with van der Waals surface area (Å²) in [6.45, 7) is 0.808. The van der Waals surface area contributed by atoms with Crippen LogP contribution in [0, 0.1) is 5.92 Å². The minimum Gasteiger partial charge on any atom is -0.378 e. The molecule has 2 aromatic rings. The van der Waals surface area contributed by atoms with Gasteiger partial charge in [0.25, 0.3) is 0 Å². The number of carbonyl (C=O) groups is 1. The molecule has 2 fully saturated rings. The van der Waals surface area contributed by atoms with Crippen molar-refractivity contribution in [3.63, 3.8) is 0 Å². The van der Waals surface area contributed by atoms with Gasteiger partial charge in [-0.2, -0.15) is 0 Å². The number of rotatable bonds is 5. The van der Waals surface area contributed by atoms with Crippen LogP contribution in [0.2, 0.25) is 0 Å². The largest absolute Gasteiger partial charge is 0.378 e. The smallest absolute Gasteiger partial charge is 0.245 e. The maximum absolute atomic E-state index is 13.0. The molecule has 1 aromatic heterocycles. The Balaban J connectivity index is 1.49. The maximum Gasteiger partial charge on any atom is 0.245 e. The monoisotopic (exact) mass is 341 g/mol. The topological polar surface area (TPSA) is 81.9 Å². The fraction of sp³-hybridized carbons (Fsp3) is 0.556. The molecule has 4 rings (SSSR count). The van der Waals surface area contributed by atoms with Crippen LogP contribution in [0.25, 0.3) is 0 Å². The predicted octanol–water partition coefficient (Wildman–Crippen LogP) is 1.53. The van der Waals surface area contributed by atoms with Crippen molar-refractivity contribution < 1.29 is 9.53 Å². The first-order valence-electron chi connectivity index (χ1n) is 8.99. The summed E-state index contributed by atoms with van der Waals surface area (Å²) in [6.07, 6.45) is 6.63. The zero-order valence-electron chi connectivity index (χ0n) is 14.1. The molecule has 0 radical (unpaired) electrons. The first-order valence-corrected chi connectivity index (χ1v) is 8.99. The van der Waals surface area contributed by atoms with Crippen LogP contribution in [0.15, 0.2) is 36.7 Å². The Bertz CT molecular complexity index is 691. The summed E-state index contributed by atoms with van der Waals surface area (Å²) in [6, 6.07) is 9.70. The van der Waals surface area contributed by atoms with Gasteiger partial charge < -0.3 is 10.1 Å². The molecular weight excluding hydrogens is 318 g/mol. The lowest BCUT2D eigenvalue weighted by atomic mass is 9.81. The minimum absolute atomic E-state index is 0.0197. The quantitative estimate of drug-likeness (QED) is 0.892. The van der Waals surface area contributed by atoms with Crippen molar-refractivity contribution in [1.29, 1.82) is 0 Å². The normalized spacial score (nSPS) is 26.8. The van der Waals surface area contributed by atoms with Crippen molar-refractivity contribution in [2.24, 2.45) is 5.92 Å². The molecule has 7 nitrogen and oxygen atoms in total. The van der Waals surface area contributed by atoms with Gasteiger partial charge in [0.15, 0.2) is 0 Å². The van der Waals surface area contributed by atoms with Gasteiger partial charge >= 0.3 is 0 Å². The minimum atomic E-state index is -0.444. The van der Waals surface area contributed by atoms with Crippen molar-refractivity contribution in [3.8, 4) is 0 Å². The van der Waals surface area contributed by atoms with Gasteiger partial charge in [0.1, 0.15) is 12.4 Å². The summed E-state index contributed by atoms with van der Waals surface area (Å²) in [4.78, 5) is 13.0. The lowest BCUT2D eigenvalue weighted by molar-refractivity contribution is -0.126. The van der Waals surface area contributed by atoms with Crippen molar-refractivity contribution >= 4 is 5.91 Å². The summed E-state index contributed by atoms with van der Waals surface area (Å²) in [5, 5.41) is 14.6. The number of hydrogen-bond acceptors (Lipinski definition) is 5. The van der Waals surface area contributed by atoms with E-state index in [2.05, 4.69) is 20.8 Å². The zero-order valence-corrected chi connectivity index (χ0v) is 14.1. The molecule has 4 atom stereocenters. The van der Waals surface area contributed by atoms with Crippen molar-refractivity contribution in [1.82, 2.24) is 25.5 Å². The van der Waals surface area contributed by atoms with Gasteiger partial charge in [0.2, 0.25) is 5.91 Å². The van der Waals surface area contributed by atoms with E-state index in [1.54, 1.807) is 4.68 Å². The Morgan fingerprint density at radius 1 is 1.28 bits per heavy atom. The summed E-state index contributed by atoms with van der Waals surface area (Å²) in [5.74, 6) is 0.414. The molecule has 7 heteroatoms. The third-order valence-corrected chi connectivity index (χ3v) is 5.37. The van der Waals surface area contributed by atoms with Gasteiger partial charge in [-0.1, -0.05) is 30.3 Å². The van der Waals surface area contributed by atoms with E-state index in [0.29, 0.717) is 18.4 Å². The van der Waals surface area contributed by atoms with E-state index >= 15 is 0 Å². The Morgan fingerprint density at radius 3 is 2.96 bits per heavy atom. The van der Waals surface area contributed by atoms with Gasteiger partial charge in [-0.3, -0.25) is 4.79 Å². The Labute approximate surface area is 146 Å². The molecule has 1 saturated carbocycles. The Morgan fingerprint density at radius 2 is 2.16 bits per heavy atom. The molecule has 1 aliphatic heterocycles. The van der Waals surface area contributed by atoms with Crippen LogP contribution >= 0.6 is 0 Å². The zero-order chi connectivity index (χ0) is 17.1. The summed E-state index contributed by atoms with van der Waals surface area (Å²) < 4.78 is 7.36. The van der Waals surface area contributed by atoms with E-state index in [4.69, 9.17) is 4.74 Å². The molecule has 25 heavy (non-hydrogen) atoms. The van der Waals surface area contributed by atoms with Crippen LogP contribution in [-0.2, 0) is 16.0 Å². The van der Waals surface area contributed by atoms with Crippen LogP contribution in [-0.4, -0.2) is 44.9 Å². The van der Waals surface area contributed by atoms with E-state index in [-0.39, 0.29) is 11.9 Å². The van der Waals surface area contributed by atoms with Crippen LogP contribution in [0.3, 0.4) is 0 Å². The Hall–Kier alpha value is -2.28. The van der Waals surface area contributed by atoms with E-state index < -0.39 is 6.04 Å². The lowest BCUT2D eigenvalue weighted by Crippen LogP contribution is -2.48. The third kappa shape index (κ3) is 3.56. The molecular formula is C18H23N5O2. The second-order valence-electron chi connectivity index (χ2n) is 6.90. The van der Waals surface area contributed by atoms with Crippen LogP contribution in [0.5, 0.6) is 0 Å². The SMILES string of the molecule is O=C(N[C@@H]1CCC[C@@H]2OCC[C@H]21)[C@H](Cc1ccccc1)n1cnnn1. The van der Waals surface area contributed by atoms with Crippen LogP contribution in [0.1, 0.15) is 37.3 Å². The van der Waals surface area contributed by atoms with Crippen LogP contribution in [0.4, 0.5) is 0 Å². The molecule has 2 aliphatic rings. The van der Waals surface area contributed by atoms with Gasteiger partial charge in [-0.15, -0.1) is 5.10 Å². The maximum atomic E-state index is 13.0. The molecule has 2 heterocycles. The molecule has 1 aliphatic carbocycles. The van der Waals surface area contributed by atoms with E-state index in [0.717, 1.165) is 37.9 Å². The summed E-state index contributed by atoms with van der Waals surface area (Å²) >= 11 is 0. The Kier molecular flexibility index (Phi) is 4.74. The number of hydrogen-bond donors (Lipinski definition) is 1. The molecule has 1 saturated heterocycles. The molecule has 1 amide bonds. The second kappa shape index (κ2) is 7.31. The number of aromatic nitrogens is 4. The summed E-state index contributed by atoms with van der Waals surface area (Å²) in [7, 11) is 0. The fourth-order valence-electron chi connectivity index (χ4n) is 4.09. The van der Waals surface area contributed by atoms with E-state index in [9.17, 15) is 4.79 Å². The van der Waals surface area contributed by atoms with Crippen LogP contribution < -0.4 is 5.32 Å². The van der Waals surface area contributed by atoms with Gasteiger partial charge in [0, 0.05) is 25.0 Å². The molecule has 132 valence electrons. The summed E-state index contributed by atoms with van der Waals surface area (Å²) in [5.41, 5.74) is 1.09. The number of amides is 1. The van der Waals surface area contributed by atoms with Crippen molar-refractivity contribution in [2.75, 3.05) is 6.61 Å². The first-order chi connectivity index (χ1) is 12.3. The number of tetrazole rings is 1. The average molecular weight is 341 g/mol. The molecule has 1 N–H and O–H groups in total. The number of nitrogens with one attached hydrogen (secondary N) is 1. The highest BCUT2D eigenvalue weighted by Crippen LogP contribution is 2.34. The second-order valence-corrected chi connectivity index (χ2v) is 6.90. The van der Waals surface area contributed by atoms with E-state index in [1.807, 2.05) is 30.3 Å². The first kappa shape index (κ1) is 16.2. The lowest BCUT2D eigenvalue weighted by Gasteiger charge is -2.34. The molecule has 1 aromatic carbocycles. The average Bonchev–Trinajstić information content (AvgIpc) is 3.32. The highest BCUT2D eigenvalue weighted by Gasteiger charge is 2.39. The standard InChI is InChI=1S/C18H23N5O2/c24-18(20-15-7-4-8-17-14(15)9-10-25-17)16(23-12-19-21-22-23)11-13-5-2-1-3-6-13/h1-3,5-6,12,14-17H,4,7-11H2,(H,20,24)/t14-,15+,16-,17-/m0/s1. The van der Waals surface area contributed by atoms with E-state index in [1.165, 1.54) is 6.33 Å². The predicted molar refractivity (Wildman–Crippen MR) is 90.6 cm³/mol. The van der Waals surface area contributed by atoms with Gasteiger partial charge in [-0.25, -0.2) is 4.68 Å². The highest BCUT2D eigenvalue weighted by molar-refractivity contribution is 5.80. The fourth-order valence-corrected chi connectivity index (χ4v) is 4.09. The number of carbonyl (C=O) groups excluding carboxylic acids is 1. The number of fused-ring (bicyclic) bond motifs is 1. The number of benzene rings is 1. The number of nitrogens with zero attached hydrogens (tertiary/aromatic N) is 4. The van der Waals surface area contributed by atoms with Gasteiger partial charge in [-0.05, 0) is 41.7 Å². The molecule has 0 unspecified atom stereocenters. The van der Waals surface area contributed by atoms with Crippen molar-refractivity contribution in [2.45, 2.75) is 50.3 Å². The highest BCUT2D eigenvalue weighted by atomic mass is 16.5. The molecule has 0 spiro atoms. The molecule has 0 bridgehead atoms.